The Balaban J connectivity index is 2.73. The molecule has 1 rings (SSSR count). The molecule has 14 heavy (non-hydrogen) atoms. The third kappa shape index (κ3) is 3.73. The van der Waals surface area contributed by atoms with Gasteiger partial charge < -0.3 is 5.32 Å². The molecule has 0 atom stereocenters. The second kappa shape index (κ2) is 4.40. The Morgan fingerprint density at radius 3 is 2.64 bits per heavy atom. The number of nitrogens with one attached hydrogen (secondary N) is 1. The summed E-state index contributed by atoms with van der Waals surface area (Å²) in [7, 11) is 0. The lowest BCUT2D eigenvalue weighted by Crippen LogP contribution is -2.12. The van der Waals surface area contributed by atoms with Crippen molar-refractivity contribution in [3.63, 3.8) is 0 Å². The van der Waals surface area contributed by atoms with Crippen LogP contribution in [0.5, 0.6) is 0 Å². The third-order valence-corrected chi connectivity index (χ3v) is 1.75. The van der Waals surface area contributed by atoms with Crippen LogP contribution in [0.25, 0.3) is 0 Å². The molecule has 0 radical (unpaired) electrons. The van der Waals surface area contributed by atoms with E-state index in [2.05, 4.69) is 43.0 Å². The standard InChI is InChI=1S/C11H19N3/c1-5-12-9-6-7-13-10(14-9)8-11(2,3)4/h6-7H,5,8H2,1-4H3,(H,12,13,14). The van der Waals surface area contributed by atoms with Gasteiger partial charge in [-0.05, 0) is 18.4 Å². The lowest BCUT2D eigenvalue weighted by atomic mass is 9.92. The van der Waals surface area contributed by atoms with E-state index in [0.29, 0.717) is 0 Å². The van der Waals surface area contributed by atoms with Crippen LogP contribution in [0.4, 0.5) is 5.82 Å². The summed E-state index contributed by atoms with van der Waals surface area (Å²) in [5.74, 6) is 1.83. The molecule has 0 spiro atoms. The smallest absolute Gasteiger partial charge is 0.131 e. The van der Waals surface area contributed by atoms with Gasteiger partial charge in [0.15, 0.2) is 0 Å². The molecule has 1 aromatic rings. The normalized spacial score (nSPS) is 11.4. The second-order valence-electron chi connectivity index (χ2n) is 4.63. The number of hydrogen-bond acceptors (Lipinski definition) is 3. The fraction of sp³-hybridized carbons (Fsp3) is 0.636. The van der Waals surface area contributed by atoms with Gasteiger partial charge in [0, 0.05) is 19.2 Å². The monoisotopic (exact) mass is 193 g/mol. The lowest BCUT2D eigenvalue weighted by Gasteiger charge is -2.16. The molecule has 78 valence electrons. The van der Waals surface area contributed by atoms with Gasteiger partial charge in [0.2, 0.25) is 0 Å². The van der Waals surface area contributed by atoms with Crippen molar-refractivity contribution in [1.29, 1.82) is 0 Å². The van der Waals surface area contributed by atoms with Crippen molar-refractivity contribution in [2.24, 2.45) is 5.41 Å². The van der Waals surface area contributed by atoms with Gasteiger partial charge in [-0.1, -0.05) is 20.8 Å². The topological polar surface area (TPSA) is 37.8 Å². The third-order valence-electron chi connectivity index (χ3n) is 1.75. The summed E-state index contributed by atoms with van der Waals surface area (Å²) < 4.78 is 0. The van der Waals surface area contributed by atoms with Crippen molar-refractivity contribution < 1.29 is 0 Å². The van der Waals surface area contributed by atoms with Gasteiger partial charge in [-0.2, -0.15) is 0 Å². The van der Waals surface area contributed by atoms with Gasteiger partial charge in [0.05, 0.1) is 0 Å². The Morgan fingerprint density at radius 2 is 2.07 bits per heavy atom. The molecule has 0 unspecified atom stereocenters. The van der Waals surface area contributed by atoms with Crippen molar-refractivity contribution in [3.8, 4) is 0 Å². The molecule has 0 aliphatic heterocycles. The predicted octanol–water partition coefficient (Wildman–Crippen LogP) is 2.50. The fourth-order valence-electron chi connectivity index (χ4n) is 1.24. The van der Waals surface area contributed by atoms with E-state index in [1.165, 1.54) is 0 Å². The summed E-state index contributed by atoms with van der Waals surface area (Å²) >= 11 is 0. The Morgan fingerprint density at radius 1 is 1.36 bits per heavy atom. The first-order chi connectivity index (χ1) is 6.51. The zero-order valence-electron chi connectivity index (χ0n) is 9.46. The molecule has 0 aliphatic carbocycles. The molecule has 1 heterocycles. The molecule has 0 aliphatic rings. The number of hydrogen-bond donors (Lipinski definition) is 1. The van der Waals surface area contributed by atoms with E-state index >= 15 is 0 Å². The maximum Gasteiger partial charge on any atom is 0.131 e. The Hall–Kier alpha value is -1.12. The minimum Gasteiger partial charge on any atom is -0.370 e. The Labute approximate surface area is 86.0 Å². The van der Waals surface area contributed by atoms with Crippen LogP contribution in [0.15, 0.2) is 12.3 Å². The molecular formula is C11H19N3. The summed E-state index contributed by atoms with van der Waals surface area (Å²) in [6.07, 6.45) is 2.72. The molecule has 3 nitrogen and oxygen atoms in total. The van der Waals surface area contributed by atoms with Crippen LogP contribution in [-0.2, 0) is 6.42 Å². The average molecular weight is 193 g/mol. The van der Waals surface area contributed by atoms with E-state index in [9.17, 15) is 0 Å². The van der Waals surface area contributed by atoms with Gasteiger partial charge in [0.1, 0.15) is 11.6 Å². The fourth-order valence-corrected chi connectivity index (χ4v) is 1.24. The first-order valence-electron chi connectivity index (χ1n) is 5.07. The highest BCUT2D eigenvalue weighted by Crippen LogP contribution is 2.18. The van der Waals surface area contributed by atoms with E-state index in [1.807, 2.05) is 12.3 Å². The van der Waals surface area contributed by atoms with Crippen LogP contribution in [0.1, 0.15) is 33.5 Å². The summed E-state index contributed by atoms with van der Waals surface area (Å²) in [6.45, 7) is 9.53. The first kappa shape index (κ1) is 11.0. The molecule has 1 N–H and O–H groups in total. The van der Waals surface area contributed by atoms with E-state index < -0.39 is 0 Å². The SMILES string of the molecule is CCNc1ccnc(CC(C)(C)C)n1. The zero-order chi connectivity index (χ0) is 10.6. The molecule has 0 saturated heterocycles. The average Bonchev–Trinajstić information content (AvgIpc) is 2.02. The number of rotatable bonds is 3. The summed E-state index contributed by atoms with van der Waals surface area (Å²) in [5.41, 5.74) is 0.241. The highest BCUT2D eigenvalue weighted by atomic mass is 15.0. The van der Waals surface area contributed by atoms with Gasteiger partial charge in [-0.3, -0.25) is 0 Å². The number of anilines is 1. The van der Waals surface area contributed by atoms with Crippen molar-refractivity contribution >= 4 is 5.82 Å². The van der Waals surface area contributed by atoms with E-state index in [0.717, 1.165) is 24.6 Å². The molecule has 0 fully saturated rings. The molecule has 1 aromatic heterocycles. The van der Waals surface area contributed by atoms with E-state index in [4.69, 9.17) is 0 Å². The predicted molar refractivity (Wildman–Crippen MR) is 59.4 cm³/mol. The van der Waals surface area contributed by atoms with Crippen molar-refractivity contribution in [1.82, 2.24) is 9.97 Å². The van der Waals surface area contributed by atoms with E-state index in [1.54, 1.807) is 0 Å². The summed E-state index contributed by atoms with van der Waals surface area (Å²) in [5, 5.41) is 3.18. The molecule has 3 heteroatoms. The van der Waals surface area contributed by atoms with Gasteiger partial charge >= 0.3 is 0 Å². The van der Waals surface area contributed by atoms with Gasteiger partial charge in [0.25, 0.3) is 0 Å². The largest absolute Gasteiger partial charge is 0.370 e. The highest BCUT2D eigenvalue weighted by molar-refractivity contribution is 5.32. The molecule has 0 aromatic carbocycles. The minimum absolute atomic E-state index is 0.241. The highest BCUT2D eigenvalue weighted by Gasteiger charge is 2.13. The van der Waals surface area contributed by atoms with Gasteiger partial charge in [-0.25, -0.2) is 9.97 Å². The Kier molecular flexibility index (Phi) is 3.44. The van der Waals surface area contributed by atoms with Crippen molar-refractivity contribution in [2.75, 3.05) is 11.9 Å². The van der Waals surface area contributed by atoms with Crippen LogP contribution in [-0.4, -0.2) is 16.5 Å². The molecule has 0 bridgehead atoms. The quantitative estimate of drug-likeness (QED) is 0.801. The molecular weight excluding hydrogens is 174 g/mol. The number of nitrogens with zero attached hydrogens (tertiary/aromatic N) is 2. The van der Waals surface area contributed by atoms with Gasteiger partial charge in [-0.15, -0.1) is 0 Å². The maximum atomic E-state index is 4.43. The zero-order valence-corrected chi connectivity index (χ0v) is 9.46. The molecule has 0 amide bonds. The van der Waals surface area contributed by atoms with Crippen LogP contribution in [0.3, 0.4) is 0 Å². The van der Waals surface area contributed by atoms with Crippen LogP contribution < -0.4 is 5.32 Å². The second-order valence-corrected chi connectivity index (χ2v) is 4.63. The lowest BCUT2D eigenvalue weighted by molar-refractivity contribution is 0.401. The summed E-state index contributed by atoms with van der Waals surface area (Å²) in [6, 6.07) is 1.90. The van der Waals surface area contributed by atoms with Crippen LogP contribution >= 0.6 is 0 Å². The van der Waals surface area contributed by atoms with Crippen molar-refractivity contribution in [3.05, 3.63) is 18.1 Å². The number of aromatic nitrogens is 2. The Bertz CT molecular complexity index is 289. The minimum atomic E-state index is 0.241. The van der Waals surface area contributed by atoms with E-state index in [-0.39, 0.29) is 5.41 Å². The van der Waals surface area contributed by atoms with Crippen molar-refractivity contribution in [2.45, 2.75) is 34.1 Å². The maximum absolute atomic E-state index is 4.43. The first-order valence-corrected chi connectivity index (χ1v) is 5.07. The summed E-state index contributed by atoms with van der Waals surface area (Å²) in [4.78, 5) is 8.68. The van der Waals surface area contributed by atoms with Crippen LogP contribution in [0.2, 0.25) is 0 Å². The molecule has 0 saturated carbocycles. The van der Waals surface area contributed by atoms with Crippen LogP contribution in [0, 0.1) is 5.41 Å².